The molecular weight excluding hydrogens is 432 g/mol. The Balaban J connectivity index is 3.48. The van der Waals surface area contributed by atoms with Crippen molar-refractivity contribution in [2.24, 2.45) is 10.8 Å². The van der Waals surface area contributed by atoms with E-state index < -0.39 is 6.10 Å². The average molecular weight is 489 g/mol. The number of esters is 1. The summed E-state index contributed by atoms with van der Waals surface area (Å²) in [5.41, 5.74) is 2.83. The summed E-state index contributed by atoms with van der Waals surface area (Å²) in [6.07, 6.45) is 6.65. The van der Waals surface area contributed by atoms with Crippen molar-refractivity contribution < 1.29 is 14.3 Å². The fraction of sp³-hybridized carbons (Fsp3) is 0.781. The van der Waals surface area contributed by atoms with E-state index in [1.54, 1.807) is 0 Å². The summed E-state index contributed by atoms with van der Waals surface area (Å²) in [7, 11) is 0. The molecule has 0 saturated carbocycles. The van der Waals surface area contributed by atoms with E-state index in [-0.39, 0.29) is 27.6 Å². The van der Waals surface area contributed by atoms with Crippen LogP contribution in [0.5, 0.6) is 5.75 Å². The number of benzene rings is 1. The van der Waals surface area contributed by atoms with Gasteiger partial charge in [0.15, 0.2) is 6.10 Å². The molecule has 1 aromatic carbocycles. The van der Waals surface area contributed by atoms with Gasteiger partial charge in [-0.1, -0.05) is 108 Å². The molecule has 0 bridgehead atoms. The molecule has 1 atom stereocenters. The van der Waals surface area contributed by atoms with Gasteiger partial charge in [0.25, 0.3) is 0 Å². The predicted molar refractivity (Wildman–Crippen MR) is 150 cm³/mol. The van der Waals surface area contributed by atoms with Gasteiger partial charge < -0.3 is 9.47 Å². The van der Waals surface area contributed by atoms with E-state index in [1.165, 1.54) is 24.0 Å². The zero-order chi connectivity index (χ0) is 27.1. The van der Waals surface area contributed by atoms with Gasteiger partial charge in [0, 0.05) is 5.56 Å². The molecule has 0 aromatic heterocycles. The van der Waals surface area contributed by atoms with Gasteiger partial charge in [-0.2, -0.15) is 0 Å². The number of carbonyl (C=O) groups is 1. The van der Waals surface area contributed by atoms with Crippen molar-refractivity contribution in [3.05, 3.63) is 29.3 Å². The second-order valence-electron chi connectivity index (χ2n) is 14.2. The van der Waals surface area contributed by atoms with E-state index >= 15 is 0 Å². The summed E-state index contributed by atoms with van der Waals surface area (Å²) in [5, 5.41) is 0. The molecule has 0 aliphatic heterocycles. The van der Waals surface area contributed by atoms with Crippen molar-refractivity contribution >= 4 is 5.97 Å². The van der Waals surface area contributed by atoms with Crippen LogP contribution in [0.25, 0.3) is 0 Å². The molecular formula is C32H56O3. The molecule has 0 aliphatic carbocycles. The first-order chi connectivity index (χ1) is 15.9. The molecule has 0 amide bonds. The topological polar surface area (TPSA) is 35.5 Å². The number of hydrogen-bond donors (Lipinski definition) is 0. The van der Waals surface area contributed by atoms with E-state index in [2.05, 4.69) is 94.4 Å². The van der Waals surface area contributed by atoms with E-state index in [0.717, 1.165) is 31.4 Å². The second-order valence-corrected chi connectivity index (χ2v) is 14.2. The molecule has 0 fully saturated rings. The zero-order valence-electron chi connectivity index (χ0n) is 25.2. The summed E-state index contributed by atoms with van der Waals surface area (Å²) in [6.45, 7) is 27.5. The van der Waals surface area contributed by atoms with Gasteiger partial charge in [0.1, 0.15) is 5.75 Å². The summed E-state index contributed by atoms with van der Waals surface area (Å²) < 4.78 is 11.9. The van der Waals surface area contributed by atoms with E-state index in [1.807, 2.05) is 6.92 Å². The third kappa shape index (κ3) is 11.0. The third-order valence-corrected chi connectivity index (χ3v) is 6.57. The van der Waals surface area contributed by atoms with E-state index in [0.29, 0.717) is 13.0 Å². The number of rotatable bonds is 13. The van der Waals surface area contributed by atoms with Gasteiger partial charge >= 0.3 is 5.97 Å². The zero-order valence-corrected chi connectivity index (χ0v) is 25.2. The van der Waals surface area contributed by atoms with Crippen LogP contribution < -0.4 is 4.74 Å². The van der Waals surface area contributed by atoms with Crippen LogP contribution in [0, 0.1) is 10.8 Å². The lowest BCUT2D eigenvalue weighted by molar-refractivity contribution is -0.151. The van der Waals surface area contributed by atoms with Crippen molar-refractivity contribution in [3.8, 4) is 5.75 Å². The first-order valence-electron chi connectivity index (χ1n) is 13.9. The summed E-state index contributed by atoms with van der Waals surface area (Å²) >= 11 is 0. The van der Waals surface area contributed by atoms with Crippen LogP contribution in [-0.4, -0.2) is 18.7 Å². The quantitative estimate of drug-likeness (QED) is 0.205. The Morgan fingerprint density at radius 1 is 0.800 bits per heavy atom. The predicted octanol–water partition coefficient (Wildman–Crippen LogP) is 9.40. The lowest BCUT2D eigenvalue weighted by Crippen LogP contribution is -2.32. The molecule has 1 rings (SSSR count). The highest BCUT2D eigenvalue weighted by Crippen LogP contribution is 2.44. The highest BCUT2D eigenvalue weighted by molar-refractivity contribution is 5.75. The van der Waals surface area contributed by atoms with Crippen LogP contribution in [0.1, 0.15) is 139 Å². The molecule has 3 heteroatoms. The largest absolute Gasteiger partial charge is 0.478 e. The van der Waals surface area contributed by atoms with Crippen LogP contribution in [0.2, 0.25) is 0 Å². The standard InChI is InChI=1S/C32H56O3/c1-13-15-16-17-18-27(28(33)34-14-2)35-26-20-19-24(31(9,10)22-29(3,4)5)21-25(26)32(11,12)23-30(6,7)8/h19-21,27H,13-18,22-23H2,1-12H3. The lowest BCUT2D eigenvalue weighted by atomic mass is 9.68. The van der Waals surface area contributed by atoms with Crippen LogP contribution in [-0.2, 0) is 20.4 Å². The fourth-order valence-electron chi connectivity index (χ4n) is 5.80. The number of ether oxygens (including phenoxy) is 2. The van der Waals surface area contributed by atoms with Crippen molar-refractivity contribution in [1.29, 1.82) is 0 Å². The SMILES string of the molecule is CCCCCCC(Oc1ccc(C(C)(C)CC(C)(C)C)cc1C(C)(C)CC(C)(C)C)C(=O)OCC. The Morgan fingerprint density at radius 3 is 1.89 bits per heavy atom. The minimum absolute atomic E-state index is 0.0318. The summed E-state index contributed by atoms with van der Waals surface area (Å²) in [4.78, 5) is 12.8. The van der Waals surface area contributed by atoms with Crippen LogP contribution >= 0.6 is 0 Å². The normalized spacial score (nSPS) is 14.1. The number of carbonyl (C=O) groups excluding carboxylic acids is 1. The number of hydrogen-bond acceptors (Lipinski definition) is 3. The van der Waals surface area contributed by atoms with Gasteiger partial charge in [-0.3, -0.25) is 0 Å². The van der Waals surface area contributed by atoms with Gasteiger partial charge in [-0.15, -0.1) is 0 Å². The van der Waals surface area contributed by atoms with Crippen molar-refractivity contribution in [2.45, 2.75) is 145 Å². The summed E-state index contributed by atoms with van der Waals surface area (Å²) in [5.74, 6) is 0.573. The molecule has 3 nitrogen and oxygen atoms in total. The monoisotopic (exact) mass is 488 g/mol. The van der Waals surface area contributed by atoms with E-state index in [4.69, 9.17) is 9.47 Å². The van der Waals surface area contributed by atoms with Gasteiger partial charge in [0.05, 0.1) is 6.61 Å². The highest BCUT2D eigenvalue weighted by atomic mass is 16.6. The second kappa shape index (κ2) is 12.6. The molecule has 202 valence electrons. The van der Waals surface area contributed by atoms with Crippen molar-refractivity contribution in [2.75, 3.05) is 6.61 Å². The molecule has 0 spiro atoms. The Kier molecular flexibility index (Phi) is 11.4. The molecule has 1 unspecified atom stereocenters. The van der Waals surface area contributed by atoms with Crippen LogP contribution in [0.15, 0.2) is 18.2 Å². The van der Waals surface area contributed by atoms with Gasteiger partial charge in [-0.25, -0.2) is 4.79 Å². The Labute approximate surface area is 217 Å². The maximum Gasteiger partial charge on any atom is 0.347 e. The summed E-state index contributed by atoms with van der Waals surface area (Å²) in [6, 6.07) is 6.67. The molecule has 0 heterocycles. The molecule has 0 N–H and O–H groups in total. The smallest absolute Gasteiger partial charge is 0.347 e. The molecule has 1 aromatic rings. The Bertz CT molecular complexity index is 790. The van der Waals surface area contributed by atoms with Crippen molar-refractivity contribution in [3.63, 3.8) is 0 Å². The molecule has 0 aliphatic rings. The molecule has 0 saturated heterocycles. The number of unbranched alkanes of at least 4 members (excludes halogenated alkanes) is 3. The van der Waals surface area contributed by atoms with Gasteiger partial charge in [-0.05, 0) is 65.9 Å². The Morgan fingerprint density at radius 2 is 1.37 bits per heavy atom. The maximum atomic E-state index is 12.8. The minimum Gasteiger partial charge on any atom is -0.478 e. The fourth-order valence-corrected chi connectivity index (χ4v) is 5.80. The first kappa shape index (κ1) is 31.5. The van der Waals surface area contributed by atoms with E-state index in [9.17, 15) is 4.79 Å². The minimum atomic E-state index is -0.565. The molecule has 0 radical (unpaired) electrons. The van der Waals surface area contributed by atoms with Crippen LogP contribution in [0.3, 0.4) is 0 Å². The lowest BCUT2D eigenvalue weighted by Gasteiger charge is -2.37. The molecule has 35 heavy (non-hydrogen) atoms. The average Bonchev–Trinajstić information content (AvgIpc) is 2.66. The van der Waals surface area contributed by atoms with Crippen molar-refractivity contribution in [1.82, 2.24) is 0 Å². The van der Waals surface area contributed by atoms with Gasteiger partial charge in [0.2, 0.25) is 0 Å². The maximum absolute atomic E-state index is 12.8. The third-order valence-electron chi connectivity index (χ3n) is 6.57. The Hall–Kier alpha value is -1.51. The first-order valence-corrected chi connectivity index (χ1v) is 13.9. The van der Waals surface area contributed by atoms with Crippen LogP contribution in [0.4, 0.5) is 0 Å². The highest BCUT2D eigenvalue weighted by Gasteiger charge is 2.34.